The van der Waals surface area contributed by atoms with Crippen LogP contribution in [0.1, 0.15) is 48.9 Å². The molecule has 0 spiro atoms. The molecule has 0 fully saturated rings. The number of hydrogen-bond donors (Lipinski definition) is 2. The highest BCUT2D eigenvalue weighted by Gasteiger charge is 2.32. The molecule has 2 N–H and O–H groups in total. The van der Waals surface area contributed by atoms with Gasteiger partial charge in [0.25, 0.3) is 5.56 Å². The quantitative estimate of drug-likeness (QED) is 0.582. The Morgan fingerprint density at radius 2 is 2.25 bits per heavy atom. The Balaban J connectivity index is 1.70. The summed E-state index contributed by atoms with van der Waals surface area (Å²) in [5, 5.41) is 13.6. The van der Waals surface area contributed by atoms with Crippen molar-refractivity contribution in [3.05, 3.63) is 38.1 Å². The Kier molecular flexibility index (Phi) is 5.96. The fourth-order valence-electron chi connectivity index (χ4n) is 3.45. The molecule has 0 aromatic carbocycles. The zero-order valence-electron chi connectivity index (χ0n) is 16.5. The molecular formula is C20H24N4O2S2. The summed E-state index contributed by atoms with van der Waals surface area (Å²) < 4.78 is 0. The summed E-state index contributed by atoms with van der Waals surface area (Å²) >= 11 is 2.70. The monoisotopic (exact) mass is 416 g/mol. The molecule has 1 aliphatic carbocycles. The Labute approximate surface area is 172 Å². The van der Waals surface area contributed by atoms with E-state index in [1.54, 1.807) is 6.92 Å². The molecule has 2 heterocycles. The molecule has 0 unspecified atom stereocenters. The molecular weight excluding hydrogens is 392 g/mol. The second-order valence-corrected chi connectivity index (χ2v) is 10.2. The summed E-state index contributed by atoms with van der Waals surface area (Å²) in [4.78, 5) is 31.9. The molecule has 148 valence electrons. The Hall–Kier alpha value is -2.11. The maximum Gasteiger partial charge on any atom is 0.251 e. The van der Waals surface area contributed by atoms with Gasteiger partial charge in [-0.25, -0.2) is 4.98 Å². The van der Waals surface area contributed by atoms with E-state index >= 15 is 0 Å². The van der Waals surface area contributed by atoms with Crippen LogP contribution in [0.5, 0.6) is 0 Å². The van der Waals surface area contributed by atoms with E-state index in [-0.39, 0.29) is 22.6 Å². The van der Waals surface area contributed by atoms with E-state index in [0.717, 1.165) is 24.8 Å². The van der Waals surface area contributed by atoms with Crippen LogP contribution in [0.3, 0.4) is 0 Å². The fraction of sp³-hybridized carbons (Fsp3) is 0.500. The van der Waals surface area contributed by atoms with Crippen molar-refractivity contribution in [3.8, 4) is 6.07 Å². The number of nitriles is 1. The molecule has 0 saturated heterocycles. The lowest BCUT2D eigenvalue weighted by Gasteiger charge is -2.33. The first-order valence-corrected chi connectivity index (χ1v) is 11.0. The molecule has 1 atom stereocenters. The molecule has 0 aliphatic heterocycles. The topological polar surface area (TPSA) is 98.6 Å². The third-order valence-corrected chi connectivity index (χ3v) is 7.09. The number of aryl methyl sites for hydroxylation is 1. The molecule has 1 aliphatic rings. The van der Waals surface area contributed by atoms with Crippen molar-refractivity contribution in [3.63, 3.8) is 0 Å². The SMILES string of the molecule is Cc1cc(=O)[nH]c(SCC(=O)Nc2sc3c(c2C#N)CC[C@H](C(C)(C)C)C3)n1. The van der Waals surface area contributed by atoms with Crippen LogP contribution >= 0.6 is 23.1 Å². The number of fused-ring (bicyclic) bond motifs is 1. The lowest BCUT2D eigenvalue weighted by Crippen LogP contribution is -2.26. The van der Waals surface area contributed by atoms with Gasteiger partial charge in [0.2, 0.25) is 5.91 Å². The van der Waals surface area contributed by atoms with Crippen LogP contribution in [0.25, 0.3) is 0 Å². The molecule has 0 bridgehead atoms. The Bertz CT molecular complexity index is 995. The number of nitrogens with zero attached hydrogens (tertiary/aromatic N) is 2. The first kappa shape index (κ1) is 20.6. The van der Waals surface area contributed by atoms with E-state index in [4.69, 9.17) is 0 Å². The predicted molar refractivity (Wildman–Crippen MR) is 113 cm³/mol. The summed E-state index contributed by atoms with van der Waals surface area (Å²) in [5.74, 6) is 0.481. The summed E-state index contributed by atoms with van der Waals surface area (Å²) in [5.41, 5.74) is 2.31. The summed E-state index contributed by atoms with van der Waals surface area (Å²) in [7, 11) is 0. The van der Waals surface area contributed by atoms with Gasteiger partial charge in [-0.3, -0.25) is 9.59 Å². The molecule has 6 nitrogen and oxygen atoms in total. The number of nitrogens with one attached hydrogen (secondary N) is 2. The van der Waals surface area contributed by atoms with Crippen LogP contribution in [-0.4, -0.2) is 21.6 Å². The second kappa shape index (κ2) is 8.10. The minimum atomic E-state index is -0.235. The van der Waals surface area contributed by atoms with E-state index < -0.39 is 0 Å². The number of hydrogen-bond acceptors (Lipinski definition) is 6. The van der Waals surface area contributed by atoms with Gasteiger partial charge >= 0.3 is 0 Å². The molecule has 1 amide bonds. The Morgan fingerprint density at radius 3 is 2.89 bits per heavy atom. The van der Waals surface area contributed by atoms with Crippen molar-refractivity contribution in [1.82, 2.24) is 9.97 Å². The zero-order chi connectivity index (χ0) is 20.5. The highest BCUT2D eigenvalue weighted by atomic mass is 32.2. The van der Waals surface area contributed by atoms with E-state index in [1.165, 1.54) is 34.0 Å². The summed E-state index contributed by atoms with van der Waals surface area (Å²) in [6.07, 6.45) is 2.91. The van der Waals surface area contributed by atoms with E-state index in [1.807, 2.05) is 0 Å². The number of rotatable bonds is 4. The number of amides is 1. The average Bonchev–Trinajstić information content (AvgIpc) is 2.94. The van der Waals surface area contributed by atoms with Gasteiger partial charge in [-0.1, -0.05) is 32.5 Å². The van der Waals surface area contributed by atoms with Gasteiger partial charge in [-0.05, 0) is 43.1 Å². The minimum Gasteiger partial charge on any atom is -0.316 e. The largest absolute Gasteiger partial charge is 0.316 e. The lowest BCUT2D eigenvalue weighted by molar-refractivity contribution is -0.113. The van der Waals surface area contributed by atoms with Crippen LogP contribution in [-0.2, 0) is 17.6 Å². The van der Waals surface area contributed by atoms with E-state index in [9.17, 15) is 14.9 Å². The zero-order valence-corrected chi connectivity index (χ0v) is 18.1. The summed E-state index contributed by atoms with van der Waals surface area (Å²) in [6, 6.07) is 3.69. The normalized spacial score (nSPS) is 16.3. The maximum absolute atomic E-state index is 12.4. The Morgan fingerprint density at radius 1 is 1.50 bits per heavy atom. The van der Waals surface area contributed by atoms with Gasteiger partial charge in [0.05, 0.1) is 11.3 Å². The van der Waals surface area contributed by atoms with Crippen LogP contribution in [0.4, 0.5) is 5.00 Å². The van der Waals surface area contributed by atoms with Gasteiger partial charge in [0, 0.05) is 16.6 Å². The molecule has 28 heavy (non-hydrogen) atoms. The number of carbonyl (C=O) groups excluding carboxylic acids is 1. The number of anilines is 1. The number of aromatic amines is 1. The van der Waals surface area contributed by atoms with Crippen molar-refractivity contribution in [2.24, 2.45) is 11.3 Å². The van der Waals surface area contributed by atoms with Crippen molar-refractivity contribution >= 4 is 34.0 Å². The average molecular weight is 417 g/mol. The van der Waals surface area contributed by atoms with Crippen LogP contribution in [0.2, 0.25) is 0 Å². The van der Waals surface area contributed by atoms with Gasteiger partial charge in [0.15, 0.2) is 5.16 Å². The minimum absolute atomic E-state index is 0.116. The highest BCUT2D eigenvalue weighted by Crippen LogP contribution is 2.44. The lowest BCUT2D eigenvalue weighted by atomic mass is 9.72. The first-order chi connectivity index (χ1) is 13.2. The van der Waals surface area contributed by atoms with E-state index in [2.05, 4.69) is 42.1 Å². The van der Waals surface area contributed by atoms with Crippen molar-refractivity contribution in [2.45, 2.75) is 52.1 Å². The fourth-order valence-corrected chi connectivity index (χ4v) is 5.46. The molecule has 2 aromatic heterocycles. The number of carbonyl (C=O) groups is 1. The van der Waals surface area contributed by atoms with Crippen LogP contribution in [0, 0.1) is 29.6 Å². The molecule has 0 saturated carbocycles. The predicted octanol–water partition coefficient (Wildman–Crippen LogP) is 3.89. The van der Waals surface area contributed by atoms with Gasteiger partial charge in [-0.2, -0.15) is 5.26 Å². The number of H-pyrrole nitrogens is 1. The third-order valence-electron chi connectivity index (χ3n) is 5.04. The van der Waals surface area contributed by atoms with Gasteiger partial charge in [0.1, 0.15) is 11.1 Å². The second-order valence-electron chi connectivity index (χ2n) is 8.15. The highest BCUT2D eigenvalue weighted by molar-refractivity contribution is 7.99. The van der Waals surface area contributed by atoms with Crippen LogP contribution < -0.4 is 10.9 Å². The van der Waals surface area contributed by atoms with Crippen LogP contribution in [0.15, 0.2) is 16.0 Å². The van der Waals surface area contributed by atoms with Gasteiger partial charge in [-0.15, -0.1) is 11.3 Å². The molecule has 2 aromatic rings. The summed E-state index contributed by atoms with van der Waals surface area (Å²) in [6.45, 7) is 8.50. The smallest absolute Gasteiger partial charge is 0.251 e. The molecule has 3 rings (SSSR count). The number of thiophene rings is 1. The third kappa shape index (κ3) is 4.65. The van der Waals surface area contributed by atoms with Crippen molar-refractivity contribution in [2.75, 3.05) is 11.1 Å². The molecule has 0 radical (unpaired) electrons. The van der Waals surface area contributed by atoms with Gasteiger partial charge < -0.3 is 10.3 Å². The molecule has 8 heteroatoms. The number of aromatic nitrogens is 2. The van der Waals surface area contributed by atoms with E-state index in [0.29, 0.717) is 27.3 Å². The van der Waals surface area contributed by atoms with Crippen molar-refractivity contribution < 1.29 is 4.79 Å². The standard InChI is InChI=1S/C20H24N4O2S2/c1-11-7-16(25)24-19(22-11)27-10-17(26)23-18-14(9-21)13-6-5-12(20(2,3)4)8-15(13)28-18/h7,12H,5-6,8,10H2,1-4H3,(H,23,26)(H,22,24,25)/t12-/m0/s1. The number of thioether (sulfide) groups is 1. The maximum atomic E-state index is 12.4. The first-order valence-electron chi connectivity index (χ1n) is 9.22. The van der Waals surface area contributed by atoms with Crippen molar-refractivity contribution in [1.29, 1.82) is 5.26 Å².